The van der Waals surface area contributed by atoms with Crippen molar-refractivity contribution < 1.29 is 40.7 Å². The average molecular weight is 476 g/mol. The van der Waals surface area contributed by atoms with Gasteiger partial charge in [-0.1, -0.05) is 36.4 Å². The molecule has 3 nitrogen and oxygen atoms in total. The second-order valence-electron chi connectivity index (χ2n) is 7.59. The number of rotatable bonds is 3. The number of allylic oxidation sites excluding steroid dienone is 1. The van der Waals surface area contributed by atoms with Crippen molar-refractivity contribution in [2.75, 3.05) is 0 Å². The molecule has 0 saturated carbocycles. The Kier molecular flexibility index (Phi) is 5.80. The Morgan fingerprint density at radius 2 is 1.47 bits per heavy atom. The molecule has 34 heavy (non-hydrogen) atoms. The highest BCUT2D eigenvalue weighted by Crippen LogP contribution is 2.36. The van der Waals surface area contributed by atoms with Crippen LogP contribution in [0.4, 0.5) is 26.3 Å². The summed E-state index contributed by atoms with van der Waals surface area (Å²) in [6.45, 7) is 0. The Morgan fingerprint density at radius 1 is 0.824 bits per heavy atom. The van der Waals surface area contributed by atoms with E-state index in [1.165, 1.54) is 18.2 Å². The van der Waals surface area contributed by atoms with Crippen LogP contribution >= 0.6 is 0 Å². The normalized spacial score (nSPS) is 14.9. The minimum Gasteiger partial charge on any atom is -0.423 e. The van der Waals surface area contributed by atoms with E-state index < -0.39 is 35.0 Å². The van der Waals surface area contributed by atoms with Gasteiger partial charge in [-0.2, -0.15) is 26.3 Å². The lowest BCUT2D eigenvalue weighted by molar-refractivity contribution is -0.143. The van der Waals surface area contributed by atoms with Crippen molar-refractivity contribution >= 4 is 17.8 Å². The van der Waals surface area contributed by atoms with E-state index in [9.17, 15) is 35.9 Å². The molecule has 0 spiro atoms. The number of esters is 1. The molecule has 174 valence electrons. The smallest absolute Gasteiger partial charge is 0.416 e. The SMILES string of the molecule is O=C(Oc1cccc(/C=C2\Cc3ccccc3C2=O)c1)c1cc(C(F)(F)F)cc(C(F)(F)F)c1. The average Bonchev–Trinajstić information content (AvgIpc) is 3.08. The maximum absolute atomic E-state index is 13.0. The topological polar surface area (TPSA) is 43.4 Å². The molecule has 1 aliphatic carbocycles. The summed E-state index contributed by atoms with van der Waals surface area (Å²) in [6.07, 6.45) is -8.18. The van der Waals surface area contributed by atoms with Crippen molar-refractivity contribution in [2.45, 2.75) is 18.8 Å². The van der Waals surface area contributed by atoms with Gasteiger partial charge in [0.1, 0.15) is 5.75 Å². The number of benzene rings is 3. The van der Waals surface area contributed by atoms with Crippen LogP contribution in [-0.2, 0) is 18.8 Å². The summed E-state index contributed by atoms with van der Waals surface area (Å²) in [4.78, 5) is 24.9. The number of halogens is 6. The summed E-state index contributed by atoms with van der Waals surface area (Å²) < 4.78 is 83.3. The van der Waals surface area contributed by atoms with Gasteiger partial charge in [0, 0.05) is 17.6 Å². The van der Waals surface area contributed by atoms with Gasteiger partial charge < -0.3 is 4.74 Å². The van der Waals surface area contributed by atoms with Gasteiger partial charge in [-0.25, -0.2) is 4.79 Å². The van der Waals surface area contributed by atoms with Crippen LogP contribution in [-0.4, -0.2) is 11.8 Å². The first-order valence-electron chi connectivity index (χ1n) is 9.87. The predicted octanol–water partition coefficient (Wildman–Crippen LogP) is 6.77. The van der Waals surface area contributed by atoms with Crippen LogP contribution in [0, 0.1) is 0 Å². The lowest BCUT2D eigenvalue weighted by Crippen LogP contribution is -2.15. The third kappa shape index (κ3) is 4.88. The number of ether oxygens (including phenoxy) is 1. The minimum atomic E-state index is -5.09. The lowest BCUT2D eigenvalue weighted by atomic mass is 10.0. The van der Waals surface area contributed by atoms with Gasteiger partial charge in [0.05, 0.1) is 16.7 Å². The predicted molar refractivity (Wildman–Crippen MR) is 110 cm³/mol. The van der Waals surface area contributed by atoms with Gasteiger partial charge in [-0.3, -0.25) is 4.79 Å². The summed E-state index contributed by atoms with van der Waals surface area (Å²) in [6, 6.07) is 13.4. The van der Waals surface area contributed by atoms with E-state index in [-0.39, 0.29) is 17.6 Å². The molecule has 0 unspecified atom stereocenters. The second kappa shape index (κ2) is 8.48. The highest BCUT2D eigenvalue weighted by atomic mass is 19.4. The Labute approximate surface area is 189 Å². The van der Waals surface area contributed by atoms with Crippen molar-refractivity contribution in [2.24, 2.45) is 0 Å². The van der Waals surface area contributed by atoms with E-state index in [0.29, 0.717) is 35.3 Å². The number of alkyl halides is 6. The number of hydrogen-bond donors (Lipinski definition) is 0. The van der Waals surface area contributed by atoms with Crippen molar-refractivity contribution in [3.63, 3.8) is 0 Å². The summed E-state index contributed by atoms with van der Waals surface area (Å²) >= 11 is 0. The van der Waals surface area contributed by atoms with Gasteiger partial charge in [-0.15, -0.1) is 0 Å². The molecule has 0 saturated heterocycles. The van der Waals surface area contributed by atoms with Crippen LogP contribution < -0.4 is 4.74 Å². The standard InChI is InChI=1S/C25H14F6O3/c26-24(27,28)18-11-17(12-19(13-18)25(29,30)31)23(33)34-20-6-3-4-14(9-20)8-16-10-15-5-1-2-7-21(15)22(16)32/h1-9,11-13H,10H2/b16-8+. The van der Waals surface area contributed by atoms with Crippen LogP contribution in [0.3, 0.4) is 0 Å². The van der Waals surface area contributed by atoms with Crippen molar-refractivity contribution in [3.8, 4) is 5.75 Å². The molecule has 0 fully saturated rings. The molecule has 0 heterocycles. The maximum atomic E-state index is 13.0. The minimum absolute atomic E-state index is 0.0692. The zero-order valence-corrected chi connectivity index (χ0v) is 17.1. The Balaban J connectivity index is 1.60. The Morgan fingerprint density at radius 3 is 2.09 bits per heavy atom. The quantitative estimate of drug-likeness (QED) is 0.181. The number of carbonyl (C=O) groups excluding carboxylic acids is 2. The first kappa shape index (κ1) is 23.3. The van der Waals surface area contributed by atoms with E-state index in [0.717, 1.165) is 5.56 Å². The van der Waals surface area contributed by atoms with E-state index >= 15 is 0 Å². The first-order valence-corrected chi connectivity index (χ1v) is 9.87. The molecule has 4 rings (SSSR count). The fourth-order valence-corrected chi connectivity index (χ4v) is 3.58. The van der Waals surface area contributed by atoms with Gasteiger partial charge in [-0.05, 0) is 47.5 Å². The molecule has 0 bridgehead atoms. The maximum Gasteiger partial charge on any atom is 0.416 e. The molecule has 0 amide bonds. The van der Waals surface area contributed by atoms with Crippen LogP contribution in [0.25, 0.3) is 6.08 Å². The first-order chi connectivity index (χ1) is 15.9. The van der Waals surface area contributed by atoms with Crippen LogP contribution in [0.1, 0.15) is 43.0 Å². The fraction of sp³-hybridized carbons (Fsp3) is 0.120. The van der Waals surface area contributed by atoms with Gasteiger partial charge >= 0.3 is 18.3 Å². The van der Waals surface area contributed by atoms with E-state index in [1.54, 1.807) is 24.3 Å². The number of carbonyl (C=O) groups is 2. The third-order valence-electron chi connectivity index (χ3n) is 5.17. The Bertz CT molecular complexity index is 1290. The highest BCUT2D eigenvalue weighted by molar-refractivity contribution is 6.15. The molecule has 9 heteroatoms. The zero-order valence-electron chi connectivity index (χ0n) is 17.1. The molecule has 3 aromatic rings. The zero-order chi connectivity index (χ0) is 24.7. The summed E-state index contributed by atoms with van der Waals surface area (Å²) in [7, 11) is 0. The largest absolute Gasteiger partial charge is 0.423 e. The molecule has 0 radical (unpaired) electrons. The van der Waals surface area contributed by atoms with Crippen LogP contribution in [0.15, 0.2) is 72.3 Å². The van der Waals surface area contributed by atoms with E-state index in [2.05, 4.69) is 0 Å². The van der Waals surface area contributed by atoms with Crippen LogP contribution in [0.5, 0.6) is 5.75 Å². The highest BCUT2D eigenvalue weighted by Gasteiger charge is 2.37. The summed E-state index contributed by atoms with van der Waals surface area (Å²) in [5.41, 5.74) is -1.71. The molecule has 0 aliphatic heterocycles. The molecular weight excluding hydrogens is 462 g/mol. The summed E-state index contributed by atoms with van der Waals surface area (Å²) in [5, 5.41) is 0. The van der Waals surface area contributed by atoms with Gasteiger partial charge in [0.2, 0.25) is 0 Å². The van der Waals surface area contributed by atoms with E-state index in [1.807, 2.05) is 12.1 Å². The number of hydrogen-bond acceptors (Lipinski definition) is 3. The van der Waals surface area contributed by atoms with Crippen LogP contribution in [0.2, 0.25) is 0 Å². The van der Waals surface area contributed by atoms with Gasteiger partial charge in [0.15, 0.2) is 5.78 Å². The molecular formula is C25H14F6O3. The Hall–Kier alpha value is -3.88. The fourth-order valence-electron chi connectivity index (χ4n) is 3.58. The van der Waals surface area contributed by atoms with Crippen molar-refractivity contribution in [1.29, 1.82) is 0 Å². The van der Waals surface area contributed by atoms with Crippen molar-refractivity contribution in [1.82, 2.24) is 0 Å². The monoisotopic (exact) mass is 476 g/mol. The number of ketones is 1. The van der Waals surface area contributed by atoms with Gasteiger partial charge in [0.25, 0.3) is 0 Å². The van der Waals surface area contributed by atoms with Crippen molar-refractivity contribution in [3.05, 3.63) is 106 Å². The lowest BCUT2D eigenvalue weighted by Gasteiger charge is -2.14. The summed E-state index contributed by atoms with van der Waals surface area (Å²) in [5.74, 6) is -1.64. The third-order valence-corrected chi connectivity index (χ3v) is 5.17. The molecule has 0 N–H and O–H groups in total. The number of fused-ring (bicyclic) bond motifs is 1. The van der Waals surface area contributed by atoms with E-state index in [4.69, 9.17) is 4.74 Å². The second-order valence-corrected chi connectivity index (χ2v) is 7.59. The molecule has 0 atom stereocenters. The molecule has 1 aliphatic rings. The number of Topliss-reactive ketones (excluding diaryl/α,β-unsaturated/α-hetero) is 1. The molecule has 0 aromatic heterocycles. The molecule has 3 aromatic carbocycles.